The average Bonchev–Trinajstić information content (AvgIpc) is 3.29. The molecule has 3 heterocycles. The fraction of sp³-hybridized carbons (Fsp3) is 0.130. The van der Waals surface area contributed by atoms with Crippen molar-refractivity contribution in [3.8, 4) is 17.1 Å². The Hall–Kier alpha value is -2.92. The highest BCUT2D eigenvalue weighted by Gasteiger charge is 2.28. The maximum absolute atomic E-state index is 5.75. The van der Waals surface area contributed by atoms with Crippen LogP contribution in [0.3, 0.4) is 0 Å². The van der Waals surface area contributed by atoms with Gasteiger partial charge in [-0.05, 0) is 43.7 Å². The fourth-order valence-electron chi connectivity index (χ4n) is 3.80. The quantitative estimate of drug-likeness (QED) is 0.383. The van der Waals surface area contributed by atoms with Crippen molar-refractivity contribution >= 4 is 21.6 Å². The van der Waals surface area contributed by atoms with Crippen LogP contribution in [-0.2, 0) is 0 Å². The normalized spacial score (nSPS) is 15.5. The Morgan fingerprint density at radius 3 is 2.64 bits per heavy atom. The number of aromatic nitrogens is 2. The Morgan fingerprint density at radius 1 is 1.07 bits per heavy atom. The summed E-state index contributed by atoms with van der Waals surface area (Å²) >= 11 is 3.62. The van der Waals surface area contributed by atoms with Gasteiger partial charge in [0.25, 0.3) is 0 Å². The summed E-state index contributed by atoms with van der Waals surface area (Å²) in [4.78, 5) is 9.84. The molecule has 0 amide bonds. The third kappa shape index (κ3) is 2.66. The lowest BCUT2D eigenvalue weighted by Gasteiger charge is -2.12. The molecule has 0 N–H and O–H groups in total. The maximum atomic E-state index is 5.75. The molecule has 2 aromatic carbocycles. The number of furan rings is 1. The van der Waals surface area contributed by atoms with Gasteiger partial charge in [0, 0.05) is 15.6 Å². The SMILES string of the molecule is Cc1ccoc1-c1ncn2c1[C@@H](C)N=C(c1ccccc1)c1cc(Br)ccc1-2. The number of fused-ring (bicyclic) bond motifs is 3. The van der Waals surface area contributed by atoms with Crippen LogP contribution in [0.4, 0.5) is 0 Å². The number of aliphatic imine (C=N–C) groups is 1. The number of rotatable bonds is 2. The summed E-state index contributed by atoms with van der Waals surface area (Å²) in [5.74, 6) is 0.803. The molecule has 28 heavy (non-hydrogen) atoms. The van der Waals surface area contributed by atoms with Crippen LogP contribution in [0.15, 0.2) is 81.1 Å². The highest BCUT2D eigenvalue weighted by Crippen LogP contribution is 2.37. The van der Waals surface area contributed by atoms with E-state index in [2.05, 4.69) is 57.8 Å². The predicted octanol–water partition coefficient (Wildman–Crippen LogP) is 6.12. The molecule has 4 nitrogen and oxygen atoms in total. The summed E-state index contributed by atoms with van der Waals surface area (Å²) in [5, 5.41) is 0. The molecule has 2 aromatic heterocycles. The van der Waals surface area contributed by atoms with Crippen molar-refractivity contribution in [2.24, 2.45) is 4.99 Å². The molecule has 4 aromatic rings. The Kier molecular flexibility index (Phi) is 4.05. The summed E-state index contributed by atoms with van der Waals surface area (Å²) in [5.41, 5.74) is 7.17. The summed E-state index contributed by atoms with van der Waals surface area (Å²) < 4.78 is 8.91. The summed E-state index contributed by atoms with van der Waals surface area (Å²) in [6.45, 7) is 4.15. The number of aryl methyl sites for hydroxylation is 1. The van der Waals surface area contributed by atoms with Crippen LogP contribution in [0.5, 0.6) is 0 Å². The maximum Gasteiger partial charge on any atom is 0.157 e. The van der Waals surface area contributed by atoms with Crippen LogP contribution in [0.1, 0.15) is 35.3 Å². The summed E-state index contributed by atoms with van der Waals surface area (Å²) in [6, 6.07) is 18.5. The molecule has 0 bridgehead atoms. The zero-order chi connectivity index (χ0) is 19.3. The molecule has 0 spiro atoms. The third-order valence-corrected chi connectivity index (χ3v) is 5.61. The second-order valence-electron chi connectivity index (χ2n) is 6.96. The van der Waals surface area contributed by atoms with Crippen LogP contribution in [-0.4, -0.2) is 15.3 Å². The van der Waals surface area contributed by atoms with E-state index >= 15 is 0 Å². The molecule has 0 saturated heterocycles. The van der Waals surface area contributed by atoms with Gasteiger partial charge in [-0.15, -0.1) is 0 Å². The van der Waals surface area contributed by atoms with Gasteiger partial charge in [-0.3, -0.25) is 9.56 Å². The van der Waals surface area contributed by atoms with Crippen LogP contribution < -0.4 is 0 Å². The van der Waals surface area contributed by atoms with Crippen LogP contribution >= 0.6 is 15.9 Å². The van der Waals surface area contributed by atoms with Crippen LogP contribution in [0.2, 0.25) is 0 Å². The molecule has 0 saturated carbocycles. The number of hydrogen-bond acceptors (Lipinski definition) is 3. The van der Waals surface area contributed by atoms with Gasteiger partial charge in [-0.25, -0.2) is 4.98 Å². The van der Waals surface area contributed by atoms with E-state index in [0.29, 0.717) is 0 Å². The molecule has 1 aliphatic heterocycles. The predicted molar refractivity (Wildman–Crippen MR) is 114 cm³/mol. The topological polar surface area (TPSA) is 43.3 Å². The summed E-state index contributed by atoms with van der Waals surface area (Å²) in [7, 11) is 0. The first-order chi connectivity index (χ1) is 13.6. The molecule has 5 rings (SSSR count). The minimum atomic E-state index is -0.0802. The number of imidazole rings is 1. The molecule has 0 fully saturated rings. The highest BCUT2D eigenvalue weighted by molar-refractivity contribution is 9.10. The molecular weight excluding hydrogens is 414 g/mol. The molecule has 1 aliphatic rings. The molecule has 0 unspecified atom stereocenters. The Morgan fingerprint density at radius 2 is 1.89 bits per heavy atom. The molecule has 138 valence electrons. The van der Waals surface area contributed by atoms with E-state index in [1.807, 2.05) is 37.5 Å². The van der Waals surface area contributed by atoms with Crippen molar-refractivity contribution in [2.45, 2.75) is 19.9 Å². The van der Waals surface area contributed by atoms with Crippen molar-refractivity contribution < 1.29 is 4.42 Å². The average molecular weight is 432 g/mol. The highest BCUT2D eigenvalue weighted by atomic mass is 79.9. The second kappa shape index (κ2) is 6.60. The van der Waals surface area contributed by atoms with Crippen molar-refractivity contribution in [3.05, 3.63) is 94.0 Å². The van der Waals surface area contributed by atoms with Gasteiger partial charge in [0.15, 0.2) is 5.76 Å². The van der Waals surface area contributed by atoms with Crippen LogP contribution in [0.25, 0.3) is 17.1 Å². The number of benzene rings is 2. The Bertz CT molecular complexity index is 1200. The monoisotopic (exact) mass is 431 g/mol. The molecule has 5 heteroatoms. The minimum Gasteiger partial charge on any atom is -0.462 e. The molecular formula is C23H18BrN3O. The summed E-state index contributed by atoms with van der Waals surface area (Å²) in [6.07, 6.45) is 3.58. The fourth-order valence-corrected chi connectivity index (χ4v) is 4.16. The number of halogens is 1. The first-order valence-electron chi connectivity index (χ1n) is 9.18. The van der Waals surface area contributed by atoms with Crippen molar-refractivity contribution in [1.29, 1.82) is 0 Å². The van der Waals surface area contributed by atoms with Gasteiger partial charge in [-0.1, -0.05) is 46.3 Å². The van der Waals surface area contributed by atoms with Gasteiger partial charge in [-0.2, -0.15) is 0 Å². The van der Waals surface area contributed by atoms with Crippen molar-refractivity contribution in [1.82, 2.24) is 9.55 Å². The second-order valence-corrected chi connectivity index (χ2v) is 7.88. The van der Waals surface area contributed by atoms with E-state index < -0.39 is 0 Å². The lowest BCUT2D eigenvalue weighted by molar-refractivity contribution is 0.576. The van der Waals surface area contributed by atoms with E-state index in [4.69, 9.17) is 14.4 Å². The lowest BCUT2D eigenvalue weighted by Crippen LogP contribution is -2.06. The van der Waals surface area contributed by atoms with Crippen LogP contribution in [0, 0.1) is 6.92 Å². The lowest BCUT2D eigenvalue weighted by atomic mass is 10.0. The number of hydrogen-bond donors (Lipinski definition) is 0. The van der Waals surface area contributed by atoms with Crippen molar-refractivity contribution in [2.75, 3.05) is 0 Å². The zero-order valence-corrected chi connectivity index (χ0v) is 17.1. The smallest absolute Gasteiger partial charge is 0.157 e. The first kappa shape index (κ1) is 17.2. The first-order valence-corrected chi connectivity index (χ1v) is 9.98. The third-order valence-electron chi connectivity index (χ3n) is 5.12. The van der Waals surface area contributed by atoms with E-state index in [9.17, 15) is 0 Å². The van der Waals surface area contributed by atoms with Gasteiger partial charge in [0.1, 0.15) is 12.0 Å². The standard InChI is InChI=1S/C23H18BrN3O/c1-14-10-11-28-23(14)21-22-15(2)26-20(16-6-4-3-5-7-16)18-12-17(24)8-9-19(18)27(22)13-25-21/h3-13,15H,1-2H3/t15-/m1/s1. The van der Waals surface area contributed by atoms with Gasteiger partial charge in [0.2, 0.25) is 0 Å². The zero-order valence-electron chi connectivity index (χ0n) is 15.6. The van der Waals surface area contributed by atoms with Gasteiger partial charge >= 0.3 is 0 Å². The molecule has 0 aliphatic carbocycles. The van der Waals surface area contributed by atoms with E-state index in [0.717, 1.165) is 49.7 Å². The van der Waals surface area contributed by atoms with Gasteiger partial charge < -0.3 is 4.42 Å². The van der Waals surface area contributed by atoms with E-state index in [1.165, 1.54) is 0 Å². The minimum absolute atomic E-state index is 0.0802. The largest absolute Gasteiger partial charge is 0.462 e. The van der Waals surface area contributed by atoms with Crippen molar-refractivity contribution in [3.63, 3.8) is 0 Å². The van der Waals surface area contributed by atoms with E-state index in [-0.39, 0.29) is 6.04 Å². The van der Waals surface area contributed by atoms with Gasteiger partial charge in [0.05, 0.1) is 29.4 Å². The molecule has 0 radical (unpaired) electrons. The van der Waals surface area contributed by atoms with E-state index in [1.54, 1.807) is 6.26 Å². The molecule has 1 atom stereocenters. The number of nitrogens with zero attached hydrogens (tertiary/aromatic N) is 3. The Labute approximate surface area is 171 Å². The Balaban J connectivity index is 1.81.